The molecule has 0 aromatic heterocycles. The molecule has 1 aromatic carbocycles. The van der Waals surface area contributed by atoms with Gasteiger partial charge >= 0.3 is 0 Å². The van der Waals surface area contributed by atoms with Crippen LogP contribution < -0.4 is 0 Å². The maximum absolute atomic E-state index is 2.46. The van der Waals surface area contributed by atoms with Crippen molar-refractivity contribution in [3.05, 3.63) is 35.4 Å². The average Bonchev–Trinajstić information content (AvgIpc) is 2.67. The van der Waals surface area contributed by atoms with Gasteiger partial charge in [0.05, 0.1) is 0 Å². The summed E-state index contributed by atoms with van der Waals surface area (Å²) in [6.07, 6.45) is 15.8. The van der Waals surface area contributed by atoms with Crippen molar-refractivity contribution in [1.82, 2.24) is 0 Å². The van der Waals surface area contributed by atoms with E-state index >= 15 is 0 Å². The lowest BCUT2D eigenvalue weighted by molar-refractivity contribution is 0.0990. The zero-order valence-electron chi connectivity index (χ0n) is 17.0. The first-order valence-electron chi connectivity index (χ1n) is 11.3. The van der Waals surface area contributed by atoms with Crippen molar-refractivity contribution in [2.75, 3.05) is 0 Å². The smallest absolute Gasteiger partial charge is 0.0159 e. The van der Waals surface area contributed by atoms with Gasteiger partial charge in [-0.2, -0.15) is 0 Å². The first kappa shape index (κ1) is 19.0. The fourth-order valence-corrected chi connectivity index (χ4v) is 5.75. The van der Waals surface area contributed by atoms with Gasteiger partial charge in [-0.3, -0.25) is 0 Å². The molecular weight excluding hydrogens is 300 g/mol. The lowest BCUT2D eigenvalue weighted by Gasteiger charge is -2.43. The SMILES string of the molecule is CCCCC1CC(c2ccc(CC)cc2)CCC1C1CCC(C)CC1. The van der Waals surface area contributed by atoms with Crippen LogP contribution in [0.3, 0.4) is 0 Å². The van der Waals surface area contributed by atoms with Crippen LogP contribution in [0.2, 0.25) is 0 Å². The molecule has 0 radical (unpaired) electrons. The molecule has 2 aliphatic rings. The van der Waals surface area contributed by atoms with E-state index in [0.717, 1.165) is 36.0 Å². The highest BCUT2D eigenvalue weighted by molar-refractivity contribution is 5.26. The van der Waals surface area contributed by atoms with Crippen LogP contribution in [0.25, 0.3) is 0 Å². The molecule has 3 rings (SSSR count). The maximum atomic E-state index is 2.46. The van der Waals surface area contributed by atoms with E-state index in [2.05, 4.69) is 45.0 Å². The predicted octanol–water partition coefficient (Wildman–Crippen LogP) is 7.77. The van der Waals surface area contributed by atoms with Crippen molar-refractivity contribution >= 4 is 0 Å². The molecular formula is C25H40. The van der Waals surface area contributed by atoms with Crippen molar-refractivity contribution in [3.63, 3.8) is 0 Å². The van der Waals surface area contributed by atoms with E-state index in [-0.39, 0.29) is 0 Å². The molecule has 0 N–H and O–H groups in total. The summed E-state index contributed by atoms with van der Waals surface area (Å²) in [5, 5.41) is 0. The number of aryl methyl sites for hydroxylation is 1. The molecule has 0 saturated heterocycles. The van der Waals surface area contributed by atoms with Gasteiger partial charge in [-0.1, -0.05) is 77.1 Å². The molecule has 3 unspecified atom stereocenters. The number of hydrogen-bond acceptors (Lipinski definition) is 0. The molecule has 0 aliphatic heterocycles. The van der Waals surface area contributed by atoms with Gasteiger partial charge in [0.15, 0.2) is 0 Å². The van der Waals surface area contributed by atoms with Crippen LogP contribution in [0.4, 0.5) is 0 Å². The molecule has 0 amide bonds. The van der Waals surface area contributed by atoms with Gasteiger partial charge < -0.3 is 0 Å². The minimum Gasteiger partial charge on any atom is -0.0654 e. The Bertz CT molecular complexity index is 491. The minimum absolute atomic E-state index is 0.825. The Labute approximate surface area is 156 Å². The van der Waals surface area contributed by atoms with E-state index in [4.69, 9.17) is 0 Å². The molecule has 140 valence electrons. The molecule has 0 spiro atoms. The van der Waals surface area contributed by atoms with E-state index in [1.165, 1.54) is 69.8 Å². The lowest BCUT2D eigenvalue weighted by Crippen LogP contribution is -2.32. The molecule has 25 heavy (non-hydrogen) atoms. The number of hydrogen-bond donors (Lipinski definition) is 0. The molecule has 0 bridgehead atoms. The lowest BCUT2D eigenvalue weighted by atomic mass is 9.62. The topological polar surface area (TPSA) is 0 Å². The van der Waals surface area contributed by atoms with Crippen molar-refractivity contribution in [2.45, 2.75) is 97.3 Å². The Balaban J connectivity index is 1.66. The second-order valence-corrected chi connectivity index (χ2v) is 9.19. The summed E-state index contributed by atoms with van der Waals surface area (Å²) in [5.41, 5.74) is 3.10. The zero-order valence-corrected chi connectivity index (χ0v) is 17.0. The van der Waals surface area contributed by atoms with E-state index < -0.39 is 0 Å². The molecule has 0 nitrogen and oxygen atoms in total. The van der Waals surface area contributed by atoms with Crippen LogP contribution in [0.1, 0.15) is 102 Å². The van der Waals surface area contributed by atoms with Crippen LogP contribution in [0.15, 0.2) is 24.3 Å². The Kier molecular flexibility index (Phi) is 7.02. The Hall–Kier alpha value is -0.780. The van der Waals surface area contributed by atoms with Gasteiger partial charge in [0.25, 0.3) is 0 Å². The van der Waals surface area contributed by atoms with Gasteiger partial charge in [0.1, 0.15) is 0 Å². The third-order valence-corrected chi connectivity index (χ3v) is 7.50. The fraction of sp³-hybridized carbons (Fsp3) is 0.760. The predicted molar refractivity (Wildman–Crippen MR) is 110 cm³/mol. The summed E-state index contributed by atoms with van der Waals surface area (Å²) in [6, 6.07) is 9.60. The molecule has 3 atom stereocenters. The number of benzene rings is 1. The third kappa shape index (κ3) is 4.89. The van der Waals surface area contributed by atoms with Crippen LogP contribution >= 0.6 is 0 Å². The van der Waals surface area contributed by atoms with Crippen molar-refractivity contribution < 1.29 is 0 Å². The van der Waals surface area contributed by atoms with Crippen LogP contribution in [-0.2, 0) is 6.42 Å². The first-order valence-corrected chi connectivity index (χ1v) is 11.3. The van der Waals surface area contributed by atoms with Crippen molar-refractivity contribution in [3.8, 4) is 0 Å². The molecule has 2 aliphatic carbocycles. The maximum Gasteiger partial charge on any atom is -0.0159 e. The van der Waals surface area contributed by atoms with E-state index in [9.17, 15) is 0 Å². The van der Waals surface area contributed by atoms with E-state index in [1.807, 2.05) is 0 Å². The van der Waals surface area contributed by atoms with Gasteiger partial charge in [-0.15, -0.1) is 0 Å². The van der Waals surface area contributed by atoms with E-state index in [0.29, 0.717) is 0 Å². The number of rotatable bonds is 6. The van der Waals surface area contributed by atoms with Gasteiger partial charge in [-0.25, -0.2) is 0 Å². The molecule has 0 heteroatoms. The monoisotopic (exact) mass is 340 g/mol. The summed E-state index contributed by atoms with van der Waals surface area (Å²) in [7, 11) is 0. The van der Waals surface area contributed by atoms with Crippen LogP contribution in [0, 0.1) is 23.7 Å². The second kappa shape index (κ2) is 9.24. The third-order valence-electron chi connectivity index (χ3n) is 7.50. The standard InChI is InChI=1S/C25H40/c1-4-6-7-24-18-23(21-14-10-20(5-2)11-15-21)16-17-25(24)22-12-8-19(3)9-13-22/h10-11,14-15,19,22-25H,4-9,12-13,16-18H2,1-3H3. The molecule has 2 fully saturated rings. The normalized spacial score (nSPS) is 33.3. The van der Waals surface area contributed by atoms with Crippen LogP contribution in [-0.4, -0.2) is 0 Å². The Morgan fingerprint density at radius 1 is 0.880 bits per heavy atom. The highest BCUT2D eigenvalue weighted by Crippen LogP contribution is 2.48. The largest absolute Gasteiger partial charge is 0.0654 e. The van der Waals surface area contributed by atoms with Crippen molar-refractivity contribution in [2.24, 2.45) is 23.7 Å². The summed E-state index contributed by atoms with van der Waals surface area (Å²) in [4.78, 5) is 0. The van der Waals surface area contributed by atoms with Crippen LogP contribution in [0.5, 0.6) is 0 Å². The fourth-order valence-electron chi connectivity index (χ4n) is 5.75. The minimum atomic E-state index is 0.825. The Morgan fingerprint density at radius 3 is 2.24 bits per heavy atom. The van der Waals surface area contributed by atoms with Crippen molar-refractivity contribution in [1.29, 1.82) is 0 Å². The molecule has 2 saturated carbocycles. The van der Waals surface area contributed by atoms with Gasteiger partial charge in [-0.05, 0) is 79.2 Å². The molecule has 1 aromatic rings. The summed E-state index contributed by atoms with van der Waals surface area (Å²) < 4.78 is 0. The second-order valence-electron chi connectivity index (χ2n) is 9.19. The highest BCUT2D eigenvalue weighted by atomic mass is 14.4. The summed E-state index contributed by atoms with van der Waals surface area (Å²) >= 11 is 0. The highest BCUT2D eigenvalue weighted by Gasteiger charge is 2.36. The van der Waals surface area contributed by atoms with E-state index in [1.54, 1.807) is 5.56 Å². The van der Waals surface area contributed by atoms with Gasteiger partial charge in [0, 0.05) is 0 Å². The quantitative estimate of drug-likeness (QED) is 0.496. The summed E-state index contributed by atoms with van der Waals surface area (Å²) in [6.45, 7) is 7.08. The first-order chi connectivity index (χ1) is 12.2. The average molecular weight is 341 g/mol. The molecule has 0 heterocycles. The Morgan fingerprint density at radius 2 is 1.60 bits per heavy atom. The van der Waals surface area contributed by atoms with Gasteiger partial charge in [0.2, 0.25) is 0 Å². The zero-order chi connectivity index (χ0) is 17.6. The summed E-state index contributed by atoms with van der Waals surface area (Å²) in [5.74, 6) is 4.87. The number of unbranched alkanes of at least 4 members (excludes halogenated alkanes) is 1.